The molecule has 76 valence electrons. The SMILES string of the molecule is CC1(C)CCCC(C)(C)[NH2+]1.[Cl-].[Cl-]. The molecule has 0 spiro atoms. The van der Waals surface area contributed by atoms with E-state index in [1.165, 1.54) is 19.3 Å². The van der Waals surface area contributed by atoms with Crippen molar-refractivity contribution in [3.8, 4) is 0 Å². The molecular formula is C9H20Cl2N-. The Morgan fingerprint density at radius 1 is 0.833 bits per heavy atom. The van der Waals surface area contributed by atoms with Crippen LogP contribution in [0.1, 0.15) is 47.0 Å². The molecule has 2 N–H and O–H groups in total. The molecule has 0 unspecified atom stereocenters. The highest BCUT2D eigenvalue weighted by Gasteiger charge is 2.35. The molecule has 12 heavy (non-hydrogen) atoms. The summed E-state index contributed by atoms with van der Waals surface area (Å²) in [4.78, 5) is 0. The molecule has 0 radical (unpaired) electrons. The van der Waals surface area contributed by atoms with Crippen molar-refractivity contribution in [2.45, 2.75) is 58.0 Å². The molecule has 1 rings (SSSR count). The van der Waals surface area contributed by atoms with E-state index in [0.29, 0.717) is 11.1 Å². The molecule has 1 nitrogen and oxygen atoms in total. The van der Waals surface area contributed by atoms with Gasteiger partial charge in [0.15, 0.2) is 0 Å². The van der Waals surface area contributed by atoms with Crippen molar-refractivity contribution in [3.63, 3.8) is 0 Å². The Morgan fingerprint density at radius 2 is 1.17 bits per heavy atom. The van der Waals surface area contributed by atoms with Gasteiger partial charge >= 0.3 is 0 Å². The van der Waals surface area contributed by atoms with Crippen LogP contribution in [0.4, 0.5) is 0 Å². The average molecular weight is 213 g/mol. The summed E-state index contributed by atoms with van der Waals surface area (Å²) >= 11 is 0. The molecule has 0 aliphatic carbocycles. The second kappa shape index (κ2) is 4.69. The highest BCUT2D eigenvalue weighted by molar-refractivity contribution is 4.77. The fourth-order valence-corrected chi connectivity index (χ4v) is 2.20. The van der Waals surface area contributed by atoms with Gasteiger partial charge in [0.1, 0.15) is 0 Å². The van der Waals surface area contributed by atoms with Gasteiger partial charge in [-0.2, -0.15) is 0 Å². The Balaban J connectivity index is 0. The van der Waals surface area contributed by atoms with Crippen LogP contribution in [0, 0.1) is 0 Å². The van der Waals surface area contributed by atoms with Crippen LogP contribution < -0.4 is 30.1 Å². The van der Waals surface area contributed by atoms with E-state index in [9.17, 15) is 0 Å². The fraction of sp³-hybridized carbons (Fsp3) is 1.00. The topological polar surface area (TPSA) is 16.6 Å². The van der Waals surface area contributed by atoms with Gasteiger partial charge in [0.05, 0.1) is 11.1 Å². The third-order valence-electron chi connectivity index (χ3n) is 2.42. The molecule has 0 aromatic rings. The van der Waals surface area contributed by atoms with Crippen molar-refractivity contribution in [1.29, 1.82) is 0 Å². The van der Waals surface area contributed by atoms with Crippen LogP contribution >= 0.6 is 0 Å². The summed E-state index contributed by atoms with van der Waals surface area (Å²) in [5.74, 6) is 0. The van der Waals surface area contributed by atoms with Gasteiger partial charge in [0.2, 0.25) is 0 Å². The zero-order valence-electron chi connectivity index (χ0n) is 8.45. The standard InChI is InChI=1S/C9H19N.2ClH/c1-8(2)6-5-7-9(3,4)10-8;;/h10H,5-7H2,1-4H3;2*1H/p-1. The molecule has 0 amide bonds. The smallest absolute Gasteiger partial charge is 0.0908 e. The van der Waals surface area contributed by atoms with Crippen LogP contribution in [0.15, 0.2) is 0 Å². The van der Waals surface area contributed by atoms with Crippen molar-refractivity contribution in [3.05, 3.63) is 0 Å². The Morgan fingerprint density at radius 3 is 1.33 bits per heavy atom. The normalized spacial score (nSPS) is 25.0. The molecule has 3 heteroatoms. The quantitative estimate of drug-likeness (QED) is 0.416. The molecule has 0 aromatic heterocycles. The number of nitrogens with two attached hydrogens (primary N) is 1. The maximum Gasteiger partial charge on any atom is 0.0908 e. The van der Waals surface area contributed by atoms with Gasteiger partial charge in [0, 0.05) is 12.8 Å². The Hall–Kier alpha value is 0.540. The lowest BCUT2D eigenvalue weighted by atomic mass is 9.83. The third-order valence-corrected chi connectivity index (χ3v) is 2.42. The highest BCUT2D eigenvalue weighted by atomic mass is 35.5. The molecule has 1 fully saturated rings. The van der Waals surface area contributed by atoms with E-state index >= 15 is 0 Å². The first-order valence-electron chi connectivity index (χ1n) is 4.28. The first kappa shape index (κ1) is 15.0. The highest BCUT2D eigenvalue weighted by Crippen LogP contribution is 2.20. The first-order valence-corrected chi connectivity index (χ1v) is 4.28. The number of piperidine rings is 1. The van der Waals surface area contributed by atoms with Crippen LogP contribution in [0.25, 0.3) is 0 Å². The van der Waals surface area contributed by atoms with Crippen LogP contribution in [0.3, 0.4) is 0 Å². The molecular weight excluding hydrogens is 193 g/mol. The summed E-state index contributed by atoms with van der Waals surface area (Å²) in [6.45, 7) is 9.36. The van der Waals surface area contributed by atoms with Crippen molar-refractivity contribution in [1.82, 2.24) is 0 Å². The van der Waals surface area contributed by atoms with Crippen molar-refractivity contribution in [2.75, 3.05) is 0 Å². The fourth-order valence-electron chi connectivity index (χ4n) is 2.20. The minimum atomic E-state index is 0. The Labute approximate surface area is 88.5 Å². The number of quaternary nitrogens is 1. The van der Waals surface area contributed by atoms with Crippen molar-refractivity contribution < 1.29 is 30.1 Å². The van der Waals surface area contributed by atoms with Gasteiger partial charge in [-0.1, -0.05) is 0 Å². The van der Waals surface area contributed by atoms with Gasteiger partial charge in [-0.05, 0) is 34.1 Å². The van der Waals surface area contributed by atoms with Crippen LogP contribution in [0.2, 0.25) is 0 Å². The summed E-state index contributed by atoms with van der Waals surface area (Å²) in [6.07, 6.45) is 4.14. The maximum atomic E-state index is 2.52. The summed E-state index contributed by atoms with van der Waals surface area (Å²) in [5.41, 5.74) is 0.976. The van der Waals surface area contributed by atoms with E-state index in [-0.39, 0.29) is 24.8 Å². The number of rotatable bonds is 0. The zero-order chi connectivity index (χ0) is 7.83. The van der Waals surface area contributed by atoms with Crippen LogP contribution in [0.5, 0.6) is 0 Å². The minimum Gasteiger partial charge on any atom is -1.00 e. The molecule has 0 saturated carbocycles. The second-order valence-electron chi connectivity index (χ2n) is 4.98. The van der Waals surface area contributed by atoms with E-state index in [4.69, 9.17) is 0 Å². The third kappa shape index (κ3) is 4.54. The van der Waals surface area contributed by atoms with Crippen LogP contribution in [-0.4, -0.2) is 11.1 Å². The Bertz CT molecular complexity index is 118. The predicted molar refractivity (Wildman–Crippen MR) is 43.9 cm³/mol. The monoisotopic (exact) mass is 212 g/mol. The lowest BCUT2D eigenvalue weighted by molar-refractivity contribution is -0.787. The maximum absolute atomic E-state index is 2.52. The zero-order valence-corrected chi connectivity index (χ0v) is 9.97. The van der Waals surface area contributed by atoms with Crippen LogP contribution in [-0.2, 0) is 0 Å². The van der Waals surface area contributed by atoms with Crippen molar-refractivity contribution >= 4 is 0 Å². The van der Waals surface area contributed by atoms with E-state index < -0.39 is 0 Å². The molecule has 1 saturated heterocycles. The van der Waals surface area contributed by atoms with Gasteiger partial charge in [0.25, 0.3) is 0 Å². The van der Waals surface area contributed by atoms with E-state index in [1.807, 2.05) is 0 Å². The second-order valence-corrected chi connectivity index (χ2v) is 4.98. The summed E-state index contributed by atoms with van der Waals surface area (Å²) < 4.78 is 0. The molecule has 1 aliphatic rings. The predicted octanol–water partition coefficient (Wildman–Crippen LogP) is -4.70. The van der Waals surface area contributed by atoms with Gasteiger partial charge in [-0.3, -0.25) is 0 Å². The first-order chi connectivity index (χ1) is 4.41. The van der Waals surface area contributed by atoms with E-state index in [1.54, 1.807) is 0 Å². The summed E-state index contributed by atoms with van der Waals surface area (Å²) in [5, 5.41) is 2.52. The molecule has 0 bridgehead atoms. The Kier molecular flexibility index (Phi) is 5.87. The lowest BCUT2D eigenvalue weighted by Gasteiger charge is -2.38. The lowest BCUT2D eigenvalue weighted by Crippen LogP contribution is -3.04. The van der Waals surface area contributed by atoms with Crippen molar-refractivity contribution in [2.24, 2.45) is 0 Å². The number of hydrogen-bond donors (Lipinski definition) is 1. The van der Waals surface area contributed by atoms with Gasteiger partial charge < -0.3 is 30.1 Å². The number of halogens is 2. The van der Waals surface area contributed by atoms with E-state index in [0.717, 1.165) is 0 Å². The summed E-state index contributed by atoms with van der Waals surface area (Å²) in [6, 6.07) is 0. The number of hydrogen-bond acceptors (Lipinski definition) is 0. The average Bonchev–Trinajstić information content (AvgIpc) is 1.56. The van der Waals surface area contributed by atoms with Gasteiger partial charge in [-0.15, -0.1) is 0 Å². The summed E-state index contributed by atoms with van der Waals surface area (Å²) in [7, 11) is 0. The van der Waals surface area contributed by atoms with Gasteiger partial charge in [-0.25, -0.2) is 0 Å². The largest absolute Gasteiger partial charge is 1.00 e. The molecule has 0 atom stereocenters. The molecule has 1 aliphatic heterocycles. The minimum absolute atomic E-state index is 0. The van der Waals surface area contributed by atoms with E-state index in [2.05, 4.69) is 33.0 Å². The molecule has 0 aromatic carbocycles. The molecule has 1 heterocycles.